The fourth-order valence-corrected chi connectivity index (χ4v) is 0.942. The predicted molar refractivity (Wildman–Crippen MR) is 59.7 cm³/mol. The van der Waals surface area contributed by atoms with Crippen LogP contribution in [0.1, 0.15) is 34.1 Å². The molecule has 0 aromatic carbocycles. The fraction of sp³-hybridized carbons (Fsp3) is 1.00. The third-order valence-corrected chi connectivity index (χ3v) is 2.20. The molecule has 0 aliphatic rings. The second kappa shape index (κ2) is 7.21. The van der Waals surface area contributed by atoms with Gasteiger partial charge in [0.1, 0.15) is 0 Å². The highest BCUT2D eigenvalue weighted by Gasteiger charge is 2.15. The molecular weight excluding hydrogens is 178 g/mol. The van der Waals surface area contributed by atoms with E-state index < -0.39 is 0 Å². The van der Waals surface area contributed by atoms with E-state index in [1.165, 1.54) is 0 Å². The maximum atomic E-state index is 5.48. The molecule has 0 aromatic rings. The molecule has 0 bridgehead atoms. The molecule has 86 valence electrons. The Morgan fingerprint density at radius 3 is 2.36 bits per heavy atom. The van der Waals surface area contributed by atoms with Gasteiger partial charge in [-0.2, -0.15) is 0 Å². The van der Waals surface area contributed by atoms with Crippen LogP contribution in [0.15, 0.2) is 0 Å². The van der Waals surface area contributed by atoms with Crippen molar-refractivity contribution in [3.63, 3.8) is 0 Å². The lowest BCUT2D eigenvalue weighted by atomic mass is 10.1. The van der Waals surface area contributed by atoms with Gasteiger partial charge in [-0.15, -0.1) is 0 Å². The smallest absolute Gasteiger partial charge is 0.0644 e. The Kier molecular flexibility index (Phi) is 7.15. The largest absolute Gasteiger partial charge is 0.380 e. The van der Waals surface area contributed by atoms with Crippen molar-refractivity contribution in [3.05, 3.63) is 0 Å². The Balaban J connectivity index is 3.21. The van der Waals surface area contributed by atoms with Crippen molar-refractivity contribution in [1.82, 2.24) is 5.32 Å². The predicted octanol–water partition coefficient (Wildman–Crippen LogP) is 1.82. The minimum atomic E-state index is -0.0640. The van der Waals surface area contributed by atoms with E-state index >= 15 is 0 Å². The summed E-state index contributed by atoms with van der Waals surface area (Å²) in [5.74, 6) is 0. The summed E-state index contributed by atoms with van der Waals surface area (Å²) in [4.78, 5) is 0. The molecule has 0 aliphatic carbocycles. The molecule has 3 nitrogen and oxygen atoms in total. The van der Waals surface area contributed by atoms with Crippen LogP contribution in [0.5, 0.6) is 0 Å². The van der Waals surface area contributed by atoms with Crippen LogP contribution in [-0.4, -0.2) is 38.5 Å². The zero-order valence-corrected chi connectivity index (χ0v) is 10.2. The number of nitrogens with one attached hydrogen (secondary N) is 1. The van der Waals surface area contributed by atoms with E-state index in [1.54, 1.807) is 7.11 Å². The molecule has 0 saturated carbocycles. The summed E-state index contributed by atoms with van der Waals surface area (Å²) in [6.07, 6.45) is 0.936. The van der Waals surface area contributed by atoms with Crippen LogP contribution in [0, 0.1) is 0 Å². The monoisotopic (exact) mass is 203 g/mol. The third-order valence-electron chi connectivity index (χ3n) is 2.20. The molecule has 0 spiro atoms. The second-order valence-electron chi connectivity index (χ2n) is 4.44. The van der Waals surface area contributed by atoms with Gasteiger partial charge in [0, 0.05) is 26.3 Å². The van der Waals surface area contributed by atoms with Crippen molar-refractivity contribution in [3.8, 4) is 0 Å². The summed E-state index contributed by atoms with van der Waals surface area (Å²) in [5, 5.41) is 3.30. The van der Waals surface area contributed by atoms with E-state index in [0.29, 0.717) is 6.04 Å². The Labute approximate surface area is 88.2 Å². The quantitative estimate of drug-likeness (QED) is 0.610. The molecule has 0 fully saturated rings. The zero-order chi connectivity index (χ0) is 11.0. The van der Waals surface area contributed by atoms with Crippen molar-refractivity contribution < 1.29 is 9.47 Å². The number of rotatable bonds is 8. The van der Waals surface area contributed by atoms with Gasteiger partial charge >= 0.3 is 0 Å². The van der Waals surface area contributed by atoms with Crippen LogP contribution in [0.3, 0.4) is 0 Å². The topological polar surface area (TPSA) is 30.5 Å². The Bertz CT molecular complexity index is 135. The molecule has 0 radical (unpaired) electrons. The first-order valence-corrected chi connectivity index (χ1v) is 5.34. The van der Waals surface area contributed by atoms with E-state index in [1.807, 2.05) is 0 Å². The molecular formula is C11H25NO2. The average Bonchev–Trinajstić information content (AvgIpc) is 2.10. The summed E-state index contributed by atoms with van der Waals surface area (Å²) >= 11 is 0. The lowest BCUT2D eigenvalue weighted by Crippen LogP contribution is -2.28. The van der Waals surface area contributed by atoms with Gasteiger partial charge in [-0.1, -0.05) is 13.8 Å². The number of hydrogen-bond acceptors (Lipinski definition) is 3. The minimum absolute atomic E-state index is 0.0640. The van der Waals surface area contributed by atoms with Gasteiger partial charge in [-0.05, 0) is 20.3 Å². The third kappa shape index (κ3) is 8.48. The highest BCUT2D eigenvalue weighted by Crippen LogP contribution is 2.12. The van der Waals surface area contributed by atoms with Crippen LogP contribution < -0.4 is 5.32 Å². The Hall–Kier alpha value is -0.120. The van der Waals surface area contributed by atoms with E-state index in [0.717, 1.165) is 26.2 Å². The minimum Gasteiger partial charge on any atom is -0.380 e. The van der Waals surface area contributed by atoms with Crippen molar-refractivity contribution in [2.75, 3.05) is 26.9 Å². The lowest BCUT2D eigenvalue weighted by molar-refractivity contribution is -0.00945. The highest BCUT2D eigenvalue weighted by atomic mass is 16.5. The first-order chi connectivity index (χ1) is 6.48. The maximum Gasteiger partial charge on any atom is 0.0644 e. The molecule has 0 amide bonds. The molecule has 1 N–H and O–H groups in total. The van der Waals surface area contributed by atoms with Crippen molar-refractivity contribution >= 4 is 0 Å². The molecule has 0 atom stereocenters. The molecule has 0 saturated heterocycles. The standard InChI is InChI=1S/C11H25NO2/c1-10(2)12-7-9-14-8-6-11(3,4)13-5/h10,12H,6-9H2,1-5H3. The van der Waals surface area contributed by atoms with Crippen LogP contribution in [0.2, 0.25) is 0 Å². The number of ether oxygens (including phenoxy) is 2. The zero-order valence-electron chi connectivity index (χ0n) is 10.2. The van der Waals surface area contributed by atoms with Crippen LogP contribution in [0.4, 0.5) is 0 Å². The van der Waals surface area contributed by atoms with Crippen molar-refractivity contribution in [1.29, 1.82) is 0 Å². The normalized spacial score (nSPS) is 12.4. The summed E-state index contributed by atoms with van der Waals surface area (Å²) in [5.41, 5.74) is -0.0640. The van der Waals surface area contributed by atoms with Crippen LogP contribution in [-0.2, 0) is 9.47 Å². The molecule has 0 aliphatic heterocycles. The number of hydrogen-bond donors (Lipinski definition) is 1. The van der Waals surface area contributed by atoms with E-state index in [2.05, 4.69) is 33.0 Å². The van der Waals surface area contributed by atoms with Gasteiger partial charge in [-0.3, -0.25) is 0 Å². The molecule has 0 heterocycles. The van der Waals surface area contributed by atoms with Gasteiger partial charge in [0.2, 0.25) is 0 Å². The van der Waals surface area contributed by atoms with Gasteiger partial charge in [0.05, 0.1) is 12.2 Å². The lowest BCUT2D eigenvalue weighted by Gasteiger charge is -2.22. The molecule has 14 heavy (non-hydrogen) atoms. The Morgan fingerprint density at radius 1 is 1.21 bits per heavy atom. The first-order valence-electron chi connectivity index (χ1n) is 5.34. The van der Waals surface area contributed by atoms with Gasteiger partial charge in [0.15, 0.2) is 0 Å². The first kappa shape index (κ1) is 13.9. The molecule has 0 aromatic heterocycles. The van der Waals surface area contributed by atoms with Crippen molar-refractivity contribution in [2.45, 2.75) is 45.8 Å². The fourth-order valence-electron chi connectivity index (χ4n) is 0.942. The summed E-state index contributed by atoms with van der Waals surface area (Å²) in [7, 11) is 1.74. The second-order valence-corrected chi connectivity index (χ2v) is 4.44. The number of methoxy groups -OCH3 is 1. The average molecular weight is 203 g/mol. The summed E-state index contributed by atoms with van der Waals surface area (Å²) < 4.78 is 10.8. The van der Waals surface area contributed by atoms with Gasteiger partial charge < -0.3 is 14.8 Å². The highest BCUT2D eigenvalue weighted by molar-refractivity contribution is 4.66. The molecule has 0 unspecified atom stereocenters. The van der Waals surface area contributed by atoms with Gasteiger partial charge in [-0.25, -0.2) is 0 Å². The van der Waals surface area contributed by atoms with Crippen LogP contribution in [0.25, 0.3) is 0 Å². The Morgan fingerprint density at radius 2 is 1.86 bits per heavy atom. The summed E-state index contributed by atoms with van der Waals surface area (Å²) in [6, 6.07) is 0.536. The maximum absolute atomic E-state index is 5.48. The van der Waals surface area contributed by atoms with Gasteiger partial charge in [0.25, 0.3) is 0 Å². The molecule has 3 heteroatoms. The van der Waals surface area contributed by atoms with E-state index in [9.17, 15) is 0 Å². The SMILES string of the molecule is COC(C)(C)CCOCCNC(C)C. The van der Waals surface area contributed by atoms with Crippen molar-refractivity contribution in [2.24, 2.45) is 0 Å². The molecule has 0 rings (SSSR count). The summed E-state index contributed by atoms with van der Waals surface area (Å²) in [6.45, 7) is 10.9. The van der Waals surface area contributed by atoms with E-state index in [4.69, 9.17) is 9.47 Å². The van der Waals surface area contributed by atoms with Crippen LogP contribution >= 0.6 is 0 Å². The van der Waals surface area contributed by atoms with E-state index in [-0.39, 0.29) is 5.60 Å².